The quantitative estimate of drug-likeness (QED) is 0.781. The highest BCUT2D eigenvalue weighted by Crippen LogP contribution is 2.20. The molecule has 0 aliphatic carbocycles. The molecule has 1 aliphatic rings. The minimum Gasteiger partial charge on any atom is -0.486 e. The number of carboxylic acid groups (broad SMARTS) is 1. The van der Waals surface area contributed by atoms with Crippen molar-refractivity contribution in [3.05, 3.63) is 45.4 Å². The van der Waals surface area contributed by atoms with Crippen molar-refractivity contribution in [3.8, 4) is 5.75 Å². The Morgan fingerprint density at radius 2 is 2.08 bits per heavy atom. The van der Waals surface area contributed by atoms with Gasteiger partial charge in [0.25, 0.3) is 0 Å². The molecule has 1 atom stereocenters. The Morgan fingerprint density at radius 1 is 1.35 bits per heavy atom. The minimum absolute atomic E-state index is 0. The molecule has 3 rings (SSSR count). The first-order valence-corrected chi connectivity index (χ1v) is 9.09. The number of likely N-dealkylation sites (tertiary alicyclic amines) is 1. The van der Waals surface area contributed by atoms with Gasteiger partial charge in [0.05, 0.1) is 18.0 Å². The number of aliphatic carboxylic acids is 1. The van der Waals surface area contributed by atoms with Crippen LogP contribution < -0.4 is 4.74 Å². The highest BCUT2D eigenvalue weighted by molar-refractivity contribution is 7.09. The van der Waals surface area contributed by atoms with E-state index in [0.717, 1.165) is 5.01 Å². The van der Waals surface area contributed by atoms with Crippen molar-refractivity contribution in [2.45, 2.75) is 19.4 Å². The van der Waals surface area contributed by atoms with Gasteiger partial charge in [0.15, 0.2) is 0 Å². The van der Waals surface area contributed by atoms with E-state index >= 15 is 0 Å². The first-order valence-electron chi connectivity index (χ1n) is 7.83. The lowest BCUT2D eigenvalue weighted by Gasteiger charge is -2.14. The average Bonchev–Trinajstić information content (AvgIpc) is 3.24. The zero-order valence-corrected chi connectivity index (χ0v) is 16.1. The van der Waals surface area contributed by atoms with E-state index in [2.05, 4.69) is 4.98 Å². The van der Waals surface area contributed by atoms with Crippen molar-refractivity contribution < 1.29 is 19.4 Å². The molecular weight excluding hydrogens is 399 g/mol. The molecule has 140 valence electrons. The van der Waals surface area contributed by atoms with Crippen LogP contribution in [0.5, 0.6) is 5.75 Å². The van der Waals surface area contributed by atoms with Crippen LogP contribution >= 0.6 is 35.3 Å². The summed E-state index contributed by atoms with van der Waals surface area (Å²) in [4.78, 5) is 29.2. The molecule has 1 aromatic carbocycles. The number of carbonyl (C=O) groups is 2. The molecule has 0 bridgehead atoms. The smallest absolute Gasteiger partial charge is 0.308 e. The molecule has 1 unspecified atom stereocenters. The number of hydrogen-bond donors (Lipinski definition) is 1. The monoisotopic (exact) mass is 416 g/mol. The molecule has 1 aromatic heterocycles. The van der Waals surface area contributed by atoms with E-state index < -0.39 is 11.9 Å². The number of nitrogens with zero attached hydrogens (tertiary/aromatic N) is 2. The summed E-state index contributed by atoms with van der Waals surface area (Å²) >= 11 is 7.26. The van der Waals surface area contributed by atoms with Gasteiger partial charge in [-0.3, -0.25) is 9.59 Å². The minimum atomic E-state index is -0.842. The van der Waals surface area contributed by atoms with Gasteiger partial charge in [-0.2, -0.15) is 0 Å². The Hall–Kier alpha value is -1.83. The summed E-state index contributed by atoms with van der Waals surface area (Å²) < 4.78 is 5.63. The molecule has 2 aromatic rings. The molecule has 2 heterocycles. The number of halogens is 2. The maximum Gasteiger partial charge on any atom is 0.308 e. The van der Waals surface area contributed by atoms with Crippen LogP contribution in [0, 0.1) is 5.92 Å². The van der Waals surface area contributed by atoms with Gasteiger partial charge in [-0.15, -0.1) is 23.7 Å². The van der Waals surface area contributed by atoms with Gasteiger partial charge in [0, 0.05) is 23.5 Å². The van der Waals surface area contributed by atoms with Crippen LogP contribution in [0.25, 0.3) is 0 Å². The number of aromatic nitrogens is 1. The first kappa shape index (κ1) is 20.5. The number of ether oxygens (including phenoxy) is 1. The number of carbonyl (C=O) groups excluding carboxylic acids is 1. The average molecular weight is 417 g/mol. The largest absolute Gasteiger partial charge is 0.486 e. The van der Waals surface area contributed by atoms with Gasteiger partial charge < -0.3 is 14.7 Å². The van der Waals surface area contributed by atoms with Crippen LogP contribution in [0.2, 0.25) is 5.02 Å². The molecule has 26 heavy (non-hydrogen) atoms. The van der Waals surface area contributed by atoms with E-state index in [9.17, 15) is 9.59 Å². The number of carboxylic acids is 1. The van der Waals surface area contributed by atoms with Crippen molar-refractivity contribution in [2.75, 3.05) is 13.1 Å². The second kappa shape index (κ2) is 9.21. The van der Waals surface area contributed by atoms with E-state index in [1.165, 1.54) is 11.3 Å². The SMILES string of the molecule is Cl.O=C(O)C1CCN(C(=O)Cc2csc(COc3ccc(Cl)cc3)n2)C1. The second-order valence-corrected chi connectivity index (χ2v) is 7.19. The number of amides is 1. The third kappa shape index (κ3) is 5.33. The van der Waals surface area contributed by atoms with Crippen LogP contribution in [0.3, 0.4) is 0 Å². The van der Waals surface area contributed by atoms with Crippen molar-refractivity contribution in [1.29, 1.82) is 0 Å². The lowest BCUT2D eigenvalue weighted by molar-refractivity contribution is -0.141. The summed E-state index contributed by atoms with van der Waals surface area (Å²) in [6.45, 7) is 1.10. The summed E-state index contributed by atoms with van der Waals surface area (Å²) in [5, 5.41) is 12.3. The summed E-state index contributed by atoms with van der Waals surface area (Å²) in [6, 6.07) is 7.08. The fourth-order valence-corrected chi connectivity index (χ4v) is 3.46. The number of thiazole rings is 1. The molecule has 9 heteroatoms. The Bertz CT molecular complexity index is 766. The predicted molar refractivity (Wildman–Crippen MR) is 101 cm³/mol. The maximum atomic E-state index is 12.3. The lowest BCUT2D eigenvalue weighted by atomic mass is 10.1. The molecule has 1 N–H and O–H groups in total. The second-order valence-electron chi connectivity index (χ2n) is 5.82. The summed E-state index contributed by atoms with van der Waals surface area (Å²) in [5.74, 6) is -0.679. The van der Waals surface area contributed by atoms with E-state index in [1.54, 1.807) is 29.2 Å². The lowest BCUT2D eigenvalue weighted by Crippen LogP contribution is -2.31. The van der Waals surface area contributed by atoms with Crippen molar-refractivity contribution in [2.24, 2.45) is 5.92 Å². The van der Waals surface area contributed by atoms with Crippen LogP contribution in [0.15, 0.2) is 29.6 Å². The summed E-state index contributed by atoms with van der Waals surface area (Å²) in [7, 11) is 0. The normalized spacial score (nSPS) is 16.2. The molecule has 1 aliphatic heterocycles. The van der Waals surface area contributed by atoms with Crippen LogP contribution in [-0.4, -0.2) is 40.0 Å². The van der Waals surface area contributed by atoms with Gasteiger partial charge >= 0.3 is 5.97 Å². The van der Waals surface area contributed by atoms with Crippen molar-refractivity contribution in [1.82, 2.24) is 9.88 Å². The predicted octanol–water partition coefficient (Wildman–Crippen LogP) is 3.27. The molecule has 1 fully saturated rings. The third-order valence-corrected chi connectivity index (χ3v) is 5.12. The van der Waals surface area contributed by atoms with E-state index in [0.29, 0.717) is 36.0 Å². The molecule has 0 radical (unpaired) electrons. The summed E-state index contributed by atoms with van der Waals surface area (Å²) in [6.07, 6.45) is 0.697. The molecular formula is C17H18Cl2N2O4S. The Kier molecular flexibility index (Phi) is 7.25. The number of benzene rings is 1. The number of rotatable bonds is 6. The molecule has 0 spiro atoms. The Balaban J connectivity index is 0.00000243. The topological polar surface area (TPSA) is 79.7 Å². The molecule has 1 saturated heterocycles. The van der Waals surface area contributed by atoms with Crippen molar-refractivity contribution in [3.63, 3.8) is 0 Å². The zero-order chi connectivity index (χ0) is 17.8. The highest BCUT2D eigenvalue weighted by Gasteiger charge is 2.30. The van der Waals surface area contributed by atoms with E-state index in [4.69, 9.17) is 21.4 Å². The maximum absolute atomic E-state index is 12.3. The zero-order valence-electron chi connectivity index (χ0n) is 13.8. The van der Waals surface area contributed by atoms with Gasteiger partial charge in [-0.25, -0.2) is 4.98 Å². The fourth-order valence-electron chi connectivity index (χ4n) is 2.63. The summed E-state index contributed by atoms with van der Waals surface area (Å²) in [5.41, 5.74) is 0.684. The molecule has 1 amide bonds. The van der Waals surface area contributed by atoms with Gasteiger partial charge in [0.1, 0.15) is 17.4 Å². The first-order chi connectivity index (χ1) is 12.0. The fraction of sp³-hybridized carbons (Fsp3) is 0.353. The molecule has 6 nitrogen and oxygen atoms in total. The van der Waals surface area contributed by atoms with Gasteiger partial charge in [0.2, 0.25) is 5.91 Å². The molecule has 0 saturated carbocycles. The Morgan fingerprint density at radius 3 is 2.73 bits per heavy atom. The van der Waals surface area contributed by atoms with E-state index in [1.807, 2.05) is 5.38 Å². The van der Waals surface area contributed by atoms with E-state index in [-0.39, 0.29) is 31.3 Å². The van der Waals surface area contributed by atoms with Crippen LogP contribution in [0.4, 0.5) is 0 Å². The number of hydrogen-bond acceptors (Lipinski definition) is 5. The Labute approximate surface area is 166 Å². The van der Waals surface area contributed by atoms with Crippen LogP contribution in [-0.2, 0) is 22.6 Å². The third-order valence-electron chi connectivity index (χ3n) is 4.00. The van der Waals surface area contributed by atoms with Gasteiger partial charge in [-0.1, -0.05) is 11.6 Å². The van der Waals surface area contributed by atoms with Crippen LogP contribution in [0.1, 0.15) is 17.1 Å². The standard InChI is InChI=1S/C17H17ClN2O4S.ClH/c18-12-1-3-14(4-2-12)24-9-15-19-13(10-25-15)7-16(21)20-6-5-11(8-20)17(22)23;/h1-4,10-11H,5-9H2,(H,22,23);1H. The highest BCUT2D eigenvalue weighted by atomic mass is 35.5. The van der Waals surface area contributed by atoms with Gasteiger partial charge in [-0.05, 0) is 30.7 Å². The van der Waals surface area contributed by atoms with Crippen molar-refractivity contribution >= 4 is 47.2 Å².